The zero-order valence-electron chi connectivity index (χ0n) is 7.17. The molecule has 0 radical (unpaired) electrons. The van der Waals surface area contributed by atoms with Crippen molar-refractivity contribution >= 4 is 0 Å². The van der Waals surface area contributed by atoms with Crippen LogP contribution < -0.4 is 0 Å². The number of fused-ring (bicyclic) bond motifs is 1. The molecule has 0 bridgehead atoms. The van der Waals surface area contributed by atoms with Crippen LogP contribution in [0.2, 0.25) is 0 Å². The average Bonchev–Trinajstić information content (AvgIpc) is 2.32. The van der Waals surface area contributed by atoms with Gasteiger partial charge in [0.25, 0.3) is 0 Å². The predicted octanol–water partition coefficient (Wildman–Crippen LogP) is 1.24. The summed E-state index contributed by atoms with van der Waals surface area (Å²) < 4.78 is 2.40. The van der Waals surface area contributed by atoms with Gasteiger partial charge in [-0.2, -0.15) is 0 Å². The molecule has 0 spiro atoms. The Morgan fingerprint density at radius 2 is 2.09 bits per heavy atom. The van der Waals surface area contributed by atoms with Crippen molar-refractivity contribution in [3.63, 3.8) is 0 Å². The van der Waals surface area contributed by atoms with Gasteiger partial charge in [0.15, 0.2) is 0 Å². The Kier molecular flexibility index (Phi) is 1.50. The van der Waals surface area contributed by atoms with Gasteiger partial charge in [-0.05, 0) is 26.1 Å². The highest BCUT2D eigenvalue weighted by atomic mass is 15.2. The molecule has 0 aliphatic carbocycles. The van der Waals surface area contributed by atoms with Crippen LogP contribution in [-0.4, -0.2) is 23.1 Å². The minimum atomic E-state index is 1.10. The molecule has 60 valence electrons. The quantitative estimate of drug-likeness (QED) is 0.540. The second-order valence-corrected chi connectivity index (χ2v) is 3.36. The van der Waals surface area contributed by atoms with E-state index in [-0.39, 0.29) is 0 Å². The summed E-state index contributed by atoms with van der Waals surface area (Å²) in [6.07, 6.45) is 0. The van der Waals surface area contributed by atoms with Crippen LogP contribution in [0.4, 0.5) is 0 Å². The topological polar surface area (TPSA) is 8.17 Å². The van der Waals surface area contributed by atoms with E-state index in [2.05, 4.69) is 35.6 Å². The minimum absolute atomic E-state index is 1.10. The fraction of sp³-hybridized carbons (Fsp3) is 0.556. The first-order valence-corrected chi connectivity index (χ1v) is 4.11. The van der Waals surface area contributed by atoms with Gasteiger partial charge in [-0.15, -0.1) is 0 Å². The van der Waals surface area contributed by atoms with Gasteiger partial charge in [0.05, 0.1) is 0 Å². The summed E-state index contributed by atoms with van der Waals surface area (Å²) in [6.45, 7) is 5.62. The van der Waals surface area contributed by atoms with Crippen LogP contribution in [0.3, 0.4) is 0 Å². The Hall–Kier alpha value is -0.760. The second kappa shape index (κ2) is 2.38. The molecule has 0 N–H and O–H groups in total. The molecule has 0 aromatic carbocycles. The van der Waals surface area contributed by atoms with Gasteiger partial charge >= 0.3 is 0 Å². The van der Waals surface area contributed by atoms with Crippen molar-refractivity contribution in [1.29, 1.82) is 0 Å². The summed E-state index contributed by atoms with van der Waals surface area (Å²) >= 11 is 0. The number of aromatic nitrogens is 1. The lowest BCUT2D eigenvalue weighted by Gasteiger charge is -2.25. The third kappa shape index (κ3) is 1.07. The molecule has 2 heterocycles. The lowest BCUT2D eigenvalue weighted by molar-refractivity contribution is 0.268. The first kappa shape index (κ1) is 6.92. The highest BCUT2D eigenvalue weighted by Gasteiger charge is 2.12. The Bertz CT molecular complexity index is 263. The van der Waals surface area contributed by atoms with Crippen molar-refractivity contribution in [3.05, 3.63) is 23.5 Å². The van der Waals surface area contributed by atoms with Gasteiger partial charge in [-0.3, -0.25) is 4.90 Å². The monoisotopic (exact) mass is 150 g/mol. The molecular formula is C9H14N2. The molecule has 2 rings (SSSR count). The maximum absolute atomic E-state index is 2.40. The molecule has 1 aliphatic heterocycles. The second-order valence-electron chi connectivity index (χ2n) is 3.36. The van der Waals surface area contributed by atoms with Gasteiger partial charge in [0, 0.05) is 31.0 Å². The smallest absolute Gasteiger partial charge is 0.0384 e. The van der Waals surface area contributed by atoms with Gasteiger partial charge < -0.3 is 4.57 Å². The molecule has 0 saturated heterocycles. The minimum Gasteiger partial charge on any atom is -0.346 e. The maximum Gasteiger partial charge on any atom is 0.0384 e. The summed E-state index contributed by atoms with van der Waals surface area (Å²) in [7, 11) is 2.17. The Labute approximate surface area is 67.4 Å². The molecule has 1 aromatic heterocycles. The molecule has 2 heteroatoms. The van der Waals surface area contributed by atoms with E-state index in [4.69, 9.17) is 0 Å². The van der Waals surface area contributed by atoms with E-state index < -0.39 is 0 Å². The molecule has 1 aromatic rings. The van der Waals surface area contributed by atoms with E-state index in [1.807, 2.05) is 0 Å². The van der Waals surface area contributed by atoms with Crippen LogP contribution in [0.25, 0.3) is 0 Å². The number of nitrogens with zero attached hydrogens (tertiary/aromatic N) is 2. The first-order chi connectivity index (χ1) is 5.27. The summed E-state index contributed by atoms with van der Waals surface area (Å²) in [4.78, 5) is 2.36. The highest BCUT2D eigenvalue weighted by molar-refractivity contribution is 5.16. The largest absolute Gasteiger partial charge is 0.346 e. The van der Waals surface area contributed by atoms with E-state index in [9.17, 15) is 0 Å². The maximum atomic E-state index is 2.40. The molecule has 0 fully saturated rings. The Morgan fingerprint density at radius 1 is 1.27 bits per heavy atom. The lowest BCUT2D eigenvalue weighted by Crippen LogP contribution is -2.30. The molecule has 0 saturated carbocycles. The normalized spacial score (nSPS) is 18.4. The lowest BCUT2D eigenvalue weighted by atomic mass is 10.3. The highest BCUT2D eigenvalue weighted by Crippen LogP contribution is 2.14. The van der Waals surface area contributed by atoms with Crippen LogP contribution in [-0.2, 0) is 13.1 Å². The van der Waals surface area contributed by atoms with Crippen LogP contribution in [0.15, 0.2) is 12.1 Å². The van der Waals surface area contributed by atoms with Crippen LogP contribution in [0.1, 0.15) is 11.4 Å². The summed E-state index contributed by atoms with van der Waals surface area (Å²) in [6, 6.07) is 4.43. The molecule has 1 aliphatic rings. The van der Waals surface area contributed by atoms with Crippen LogP contribution in [0.5, 0.6) is 0 Å². The summed E-state index contributed by atoms with van der Waals surface area (Å²) in [5.41, 5.74) is 2.85. The SMILES string of the molecule is Cc1ccc2n1CCN(C)C2. The van der Waals surface area contributed by atoms with Crippen molar-refractivity contribution in [3.8, 4) is 0 Å². The van der Waals surface area contributed by atoms with E-state index in [1.54, 1.807) is 0 Å². The average molecular weight is 150 g/mol. The van der Waals surface area contributed by atoms with Crippen LogP contribution in [0, 0.1) is 6.92 Å². The Morgan fingerprint density at radius 3 is 2.91 bits per heavy atom. The third-order valence-corrected chi connectivity index (χ3v) is 2.43. The van der Waals surface area contributed by atoms with Crippen LogP contribution >= 0.6 is 0 Å². The molecule has 2 nitrogen and oxygen atoms in total. The number of rotatable bonds is 0. The predicted molar refractivity (Wildman–Crippen MR) is 45.5 cm³/mol. The van der Waals surface area contributed by atoms with E-state index in [1.165, 1.54) is 17.9 Å². The van der Waals surface area contributed by atoms with Gasteiger partial charge in [-0.25, -0.2) is 0 Å². The number of likely N-dealkylation sites (N-methyl/N-ethyl adjacent to an activating group) is 1. The van der Waals surface area contributed by atoms with E-state index >= 15 is 0 Å². The van der Waals surface area contributed by atoms with Crippen molar-refractivity contribution in [2.75, 3.05) is 13.6 Å². The number of hydrogen-bond donors (Lipinski definition) is 0. The van der Waals surface area contributed by atoms with Crippen molar-refractivity contribution in [2.45, 2.75) is 20.0 Å². The zero-order valence-corrected chi connectivity index (χ0v) is 7.17. The van der Waals surface area contributed by atoms with E-state index in [0.717, 1.165) is 13.1 Å². The number of aryl methyl sites for hydroxylation is 1. The van der Waals surface area contributed by atoms with Gasteiger partial charge in [0.2, 0.25) is 0 Å². The standard InChI is InChI=1S/C9H14N2/c1-8-3-4-9-7-10(2)5-6-11(8)9/h3-4H,5-7H2,1-2H3. The number of hydrogen-bond acceptors (Lipinski definition) is 1. The first-order valence-electron chi connectivity index (χ1n) is 4.11. The van der Waals surface area contributed by atoms with Crippen molar-refractivity contribution in [1.82, 2.24) is 9.47 Å². The molecular weight excluding hydrogens is 136 g/mol. The van der Waals surface area contributed by atoms with Gasteiger partial charge in [-0.1, -0.05) is 0 Å². The third-order valence-electron chi connectivity index (χ3n) is 2.43. The van der Waals surface area contributed by atoms with Crippen molar-refractivity contribution < 1.29 is 0 Å². The fourth-order valence-electron chi connectivity index (χ4n) is 1.71. The zero-order chi connectivity index (χ0) is 7.84. The van der Waals surface area contributed by atoms with Crippen molar-refractivity contribution in [2.24, 2.45) is 0 Å². The summed E-state index contributed by atoms with van der Waals surface area (Å²) in [5.74, 6) is 0. The molecule has 0 atom stereocenters. The Balaban J connectivity index is 2.36. The molecule has 0 unspecified atom stereocenters. The molecule has 11 heavy (non-hydrogen) atoms. The molecule has 0 amide bonds. The summed E-state index contributed by atoms with van der Waals surface area (Å²) in [5, 5.41) is 0. The fourth-order valence-corrected chi connectivity index (χ4v) is 1.71. The van der Waals surface area contributed by atoms with Gasteiger partial charge in [0.1, 0.15) is 0 Å². The van der Waals surface area contributed by atoms with E-state index in [0.29, 0.717) is 0 Å².